The molecule has 3 heteroatoms. The predicted octanol–water partition coefficient (Wildman–Crippen LogP) is 2.36. The molecule has 0 spiro atoms. The van der Waals surface area contributed by atoms with Crippen LogP contribution in [-0.2, 0) is 0 Å². The summed E-state index contributed by atoms with van der Waals surface area (Å²) >= 11 is 0. The fourth-order valence-electron chi connectivity index (χ4n) is 3.37. The van der Waals surface area contributed by atoms with Gasteiger partial charge in [0, 0.05) is 19.5 Å². The minimum Gasteiger partial charge on any atom is -0.371 e. The Balaban J connectivity index is 1.92. The van der Waals surface area contributed by atoms with E-state index in [-0.39, 0.29) is 5.82 Å². The molecule has 1 aromatic carbocycles. The fourth-order valence-corrected chi connectivity index (χ4v) is 3.37. The van der Waals surface area contributed by atoms with Crippen LogP contribution in [-0.4, -0.2) is 26.7 Å². The van der Waals surface area contributed by atoms with Crippen LogP contribution in [0.2, 0.25) is 0 Å². The van der Waals surface area contributed by atoms with E-state index >= 15 is 0 Å². The summed E-state index contributed by atoms with van der Waals surface area (Å²) < 4.78 is 13.8. The third kappa shape index (κ3) is 1.82. The van der Waals surface area contributed by atoms with Gasteiger partial charge in [-0.1, -0.05) is 12.1 Å². The van der Waals surface area contributed by atoms with Crippen molar-refractivity contribution in [1.29, 1.82) is 0 Å². The van der Waals surface area contributed by atoms with Gasteiger partial charge in [0.05, 0.1) is 5.69 Å². The number of fused-ring (bicyclic) bond motifs is 1. The molecule has 1 aromatic rings. The Labute approximate surface area is 102 Å². The molecule has 2 nitrogen and oxygen atoms in total. The molecule has 0 aromatic heterocycles. The summed E-state index contributed by atoms with van der Waals surface area (Å²) in [5, 5.41) is 3.40. The van der Waals surface area contributed by atoms with Gasteiger partial charge in [0.15, 0.2) is 0 Å². The molecule has 1 N–H and O–H groups in total. The Morgan fingerprint density at radius 2 is 2.06 bits per heavy atom. The Bertz CT molecular complexity index is 413. The second-order valence-electron chi connectivity index (χ2n) is 5.25. The number of halogens is 1. The Morgan fingerprint density at radius 1 is 1.29 bits per heavy atom. The summed E-state index contributed by atoms with van der Waals surface area (Å²) in [5.74, 6) is 1.16. The van der Waals surface area contributed by atoms with Crippen molar-refractivity contribution >= 4 is 5.69 Å². The number of piperidine rings is 1. The van der Waals surface area contributed by atoms with Crippen molar-refractivity contribution in [2.24, 2.45) is 5.92 Å². The Hall–Kier alpha value is -1.09. The summed E-state index contributed by atoms with van der Waals surface area (Å²) in [7, 11) is 2.00. The molecule has 0 radical (unpaired) electrons. The van der Waals surface area contributed by atoms with E-state index in [4.69, 9.17) is 0 Å². The van der Waals surface area contributed by atoms with Crippen LogP contribution < -0.4 is 10.2 Å². The second-order valence-corrected chi connectivity index (χ2v) is 5.25. The lowest BCUT2D eigenvalue weighted by molar-refractivity contribution is 0.327. The number of para-hydroxylation sites is 1. The normalized spacial score (nSPS) is 25.1. The standard InChI is InChI=1S/C14H19FN2/c1-17-9-12(10-5-7-16-8-6-10)11-3-2-4-13(15)14(11)17/h2-4,10,12,16H,5-9H2,1H3. The van der Waals surface area contributed by atoms with Crippen LogP contribution in [0, 0.1) is 11.7 Å². The average Bonchev–Trinajstić information content (AvgIpc) is 2.69. The molecule has 0 aliphatic carbocycles. The largest absolute Gasteiger partial charge is 0.371 e. The smallest absolute Gasteiger partial charge is 0.146 e. The minimum atomic E-state index is -0.0681. The zero-order chi connectivity index (χ0) is 11.8. The maximum atomic E-state index is 13.8. The van der Waals surface area contributed by atoms with Gasteiger partial charge in [-0.2, -0.15) is 0 Å². The van der Waals surface area contributed by atoms with Crippen molar-refractivity contribution < 1.29 is 4.39 Å². The van der Waals surface area contributed by atoms with E-state index in [1.807, 2.05) is 13.1 Å². The number of hydrogen-bond donors (Lipinski definition) is 1. The monoisotopic (exact) mass is 234 g/mol. The van der Waals surface area contributed by atoms with Gasteiger partial charge < -0.3 is 10.2 Å². The molecule has 17 heavy (non-hydrogen) atoms. The van der Waals surface area contributed by atoms with Crippen LogP contribution in [0.1, 0.15) is 24.3 Å². The molecule has 92 valence electrons. The first-order valence-corrected chi connectivity index (χ1v) is 6.47. The molecule has 1 atom stereocenters. The van der Waals surface area contributed by atoms with Crippen molar-refractivity contribution in [3.8, 4) is 0 Å². The van der Waals surface area contributed by atoms with Crippen LogP contribution in [0.25, 0.3) is 0 Å². The molecule has 3 rings (SSSR count). The fraction of sp³-hybridized carbons (Fsp3) is 0.571. The highest BCUT2D eigenvalue weighted by molar-refractivity contribution is 5.60. The van der Waals surface area contributed by atoms with Crippen molar-refractivity contribution in [3.05, 3.63) is 29.6 Å². The van der Waals surface area contributed by atoms with E-state index in [0.717, 1.165) is 25.3 Å². The van der Waals surface area contributed by atoms with Crippen molar-refractivity contribution in [3.63, 3.8) is 0 Å². The van der Waals surface area contributed by atoms with Gasteiger partial charge in [-0.05, 0) is 43.5 Å². The SMILES string of the molecule is CN1CC(C2CCNCC2)c2cccc(F)c21. The topological polar surface area (TPSA) is 15.3 Å². The van der Waals surface area contributed by atoms with Gasteiger partial charge in [-0.25, -0.2) is 4.39 Å². The Kier molecular flexibility index (Phi) is 2.79. The second kappa shape index (κ2) is 4.30. The maximum Gasteiger partial charge on any atom is 0.146 e. The lowest BCUT2D eigenvalue weighted by Gasteiger charge is -2.28. The van der Waals surface area contributed by atoms with Crippen LogP contribution >= 0.6 is 0 Å². The van der Waals surface area contributed by atoms with Crippen molar-refractivity contribution in [1.82, 2.24) is 5.32 Å². The third-order valence-corrected chi connectivity index (χ3v) is 4.22. The molecule has 1 unspecified atom stereocenters. The zero-order valence-corrected chi connectivity index (χ0v) is 10.2. The van der Waals surface area contributed by atoms with Gasteiger partial charge in [-0.15, -0.1) is 0 Å². The number of nitrogens with one attached hydrogen (secondary N) is 1. The van der Waals surface area contributed by atoms with Crippen molar-refractivity contribution in [2.75, 3.05) is 31.6 Å². The molecule has 2 aliphatic heterocycles. The van der Waals surface area contributed by atoms with Crippen LogP contribution in [0.5, 0.6) is 0 Å². The highest BCUT2D eigenvalue weighted by Crippen LogP contribution is 2.43. The van der Waals surface area contributed by atoms with E-state index in [1.165, 1.54) is 18.4 Å². The lowest BCUT2D eigenvalue weighted by atomic mass is 9.81. The predicted molar refractivity (Wildman–Crippen MR) is 68.0 cm³/mol. The molecule has 0 amide bonds. The number of anilines is 1. The molecule has 0 bridgehead atoms. The van der Waals surface area contributed by atoms with Gasteiger partial charge in [0.25, 0.3) is 0 Å². The highest BCUT2D eigenvalue weighted by atomic mass is 19.1. The molecule has 2 aliphatic rings. The van der Waals surface area contributed by atoms with Crippen molar-refractivity contribution in [2.45, 2.75) is 18.8 Å². The summed E-state index contributed by atoms with van der Waals surface area (Å²) in [6.07, 6.45) is 2.43. The zero-order valence-electron chi connectivity index (χ0n) is 10.2. The summed E-state index contributed by atoms with van der Waals surface area (Å²) in [6, 6.07) is 5.52. The van der Waals surface area contributed by atoms with Gasteiger partial charge in [-0.3, -0.25) is 0 Å². The van der Waals surface area contributed by atoms with E-state index in [0.29, 0.717) is 11.8 Å². The molecule has 1 saturated heterocycles. The number of hydrogen-bond acceptors (Lipinski definition) is 2. The van der Waals surface area contributed by atoms with Crippen LogP contribution in [0.3, 0.4) is 0 Å². The quantitative estimate of drug-likeness (QED) is 0.802. The van der Waals surface area contributed by atoms with E-state index in [2.05, 4.69) is 16.3 Å². The van der Waals surface area contributed by atoms with Gasteiger partial charge in [0.1, 0.15) is 5.82 Å². The number of rotatable bonds is 1. The van der Waals surface area contributed by atoms with Gasteiger partial charge in [0.2, 0.25) is 0 Å². The first-order valence-electron chi connectivity index (χ1n) is 6.47. The summed E-state index contributed by atoms with van der Waals surface area (Å²) in [4.78, 5) is 2.08. The Morgan fingerprint density at radius 3 is 2.82 bits per heavy atom. The van der Waals surface area contributed by atoms with E-state index < -0.39 is 0 Å². The molecule has 2 heterocycles. The average molecular weight is 234 g/mol. The molecular formula is C14H19FN2. The molecular weight excluding hydrogens is 215 g/mol. The highest BCUT2D eigenvalue weighted by Gasteiger charge is 2.34. The number of nitrogens with zero attached hydrogens (tertiary/aromatic N) is 1. The summed E-state index contributed by atoms with van der Waals surface area (Å²) in [5.41, 5.74) is 2.05. The summed E-state index contributed by atoms with van der Waals surface area (Å²) in [6.45, 7) is 3.19. The first-order chi connectivity index (χ1) is 8.27. The minimum absolute atomic E-state index is 0.0681. The van der Waals surface area contributed by atoms with Crippen LogP contribution in [0.15, 0.2) is 18.2 Å². The molecule has 0 saturated carbocycles. The van der Waals surface area contributed by atoms with Crippen LogP contribution in [0.4, 0.5) is 10.1 Å². The van der Waals surface area contributed by atoms with Gasteiger partial charge >= 0.3 is 0 Å². The molecule has 1 fully saturated rings. The van der Waals surface area contributed by atoms with E-state index in [9.17, 15) is 4.39 Å². The maximum absolute atomic E-state index is 13.8. The number of benzene rings is 1. The first kappa shape index (κ1) is 11.0. The van der Waals surface area contributed by atoms with E-state index in [1.54, 1.807) is 6.07 Å². The third-order valence-electron chi connectivity index (χ3n) is 4.22. The number of likely N-dealkylation sites (N-methyl/N-ethyl adjacent to an activating group) is 1. The lowest BCUT2D eigenvalue weighted by Crippen LogP contribution is -2.32.